The number of pyridine rings is 1. The molecule has 2 aromatic heterocycles. The van der Waals surface area contributed by atoms with Crippen molar-refractivity contribution in [1.82, 2.24) is 25.0 Å². The van der Waals surface area contributed by atoms with E-state index in [4.69, 9.17) is 9.73 Å². The highest BCUT2D eigenvalue weighted by Crippen LogP contribution is 2.47. The zero-order chi connectivity index (χ0) is 20.0. The van der Waals surface area contributed by atoms with Crippen molar-refractivity contribution < 1.29 is 4.74 Å². The van der Waals surface area contributed by atoms with Crippen LogP contribution in [0.15, 0.2) is 29.4 Å². The molecule has 3 fully saturated rings. The molecule has 3 saturated heterocycles. The van der Waals surface area contributed by atoms with Crippen LogP contribution in [0.2, 0.25) is 0 Å². The van der Waals surface area contributed by atoms with Crippen LogP contribution < -0.4 is 5.32 Å². The zero-order valence-corrected chi connectivity index (χ0v) is 20.2. The lowest BCUT2D eigenvalue weighted by Crippen LogP contribution is -2.41. The van der Waals surface area contributed by atoms with Crippen molar-refractivity contribution in [3.63, 3.8) is 0 Å². The lowest BCUT2D eigenvalue weighted by atomic mass is 9.82. The molecule has 1 N–H and O–H groups in total. The van der Waals surface area contributed by atoms with Crippen LogP contribution in [0.25, 0.3) is 5.82 Å². The first-order chi connectivity index (χ1) is 14.1. The lowest BCUT2D eigenvalue weighted by Gasteiger charge is -2.23. The standard InChI is InChI=1S/C22H30N6O.HI/c1-4-23-22(27-12-17-18(13-27)20-7-6-19(17)29-20)25-11-16-5-8-21(24-10-16)28-15(3)9-14(2)26-28;/h5,8-10,17-20H,4,6-7,11-13H2,1-3H3,(H,23,25);1H. The number of likely N-dealkylation sites (tertiary alicyclic amines) is 1. The molecule has 0 spiro atoms. The number of hydrogen-bond donors (Lipinski definition) is 1. The summed E-state index contributed by atoms with van der Waals surface area (Å²) in [4.78, 5) is 12.0. The first-order valence-corrected chi connectivity index (χ1v) is 10.8. The van der Waals surface area contributed by atoms with Crippen LogP contribution in [0.4, 0.5) is 0 Å². The second-order valence-corrected chi connectivity index (χ2v) is 8.56. The van der Waals surface area contributed by atoms with Crippen LogP contribution in [0, 0.1) is 25.7 Å². The third kappa shape index (κ3) is 3.95. The smallest absolute Gasteiger partial charge is 0.194 e. The number of halogens is 1. The average Bonchev–Trinajstić information content (AvgIpc) is 3.47. The van der Waals surface area contributed by atoms with Crippen molar-refractivity contribution >= 4 is 29.9 Å². The number of aromatic nitrogens is 3. The number of nitrogens with zero attached hydrogens (tertiary/aromatic N) is 5. The Kier molecular flexibility index (Phi) is 6.34. The van der Waals surface area contributed by atoms with Crippen LogP contribution in [-0.4, -0.2) is 57.5 Å². The molecule has 2 bridgehead atoms. The second-order valence-electron chi connectivity index (χ2n) is 8.56. The summed E-state index contributed by atoms with van der Waals surface area (Å²) >= 11 is 0. The molecule has 0 amide bonds. The Bertz CT molecular complexity index is 893. The van der Waals surface area contributed by atoms with E-state index in [0.717, 1.165) is 48.4 Å². The summed E-state index contributed by atoms with van der Waals surface area (Å²) in [6.07, 6.45) is 5.33. The van der Waals surface area contributed by atoms with Gasteiger partial charge in [-0.05, 0) is 51.3 Å². The van der Waals surface area contributed by atoms with Crippen LogP contribution in [-0.2, 0) is 11.3 Å². The van der Waals surface area contributed by atoms with E-state index >= 15 is 0 Å². The lowest BCUT2D eigenvalue weighted by molar-refractivity contribution is 0.0767. The fraction of sp³-hybridized carbons (Fsp3) is 0.591. The molecule has 2 aromatic rings. The van der Waals surface area contributed by atoms with Gasteiger partial charge in [0.05, 0.1) is 24.4 Å². The topological polar surface area (TPSA) is 67.6 Å². The van der Waals surface area contributed by atoms with Crippen molar-refractivity contribution in [3.05, 3.63) is 41.3 Å². The van der Waals surface area contributed by atoms with E-state index in [1.54, 1.807) is 0 Å². The monoisotopic (exact) mass is 522 g/mol. The molecule has 3 aliphatic rings. The molecule has 0 aromatic carbocycles. The van der Waals surface area contributed by atoms with E-state index < -0.39 is 0 Å². The highest BCUT2D eigenvalue weighted by Gasteiger charge is 2.53. The Hall–Kier alpha value is -1.68. The predicted octanol–water partition coefficient (Wildman–Crippen LogP) is 3.08. The summed E-state index contributed by atoms with van der Waals surface area (Å²) in [6.45, 7) is 9.80. The zero-order valence-electron chi connectivity index (χ0n) is 17.9. The van der Waals surface area contributed by atoms with E-state index in [1.807, 2.05) is 30.8 Å². The maximum Gasteiger partial charge on any atom is 0.194 e. The summed E-state index contributed by atoms with van der Waals surface area (Å²) < 4.78 is 7.99. The van der Waals surface area contributed by atoms with Crippen molar-refractivity contribution in [2.24, 2.45) is 16.8 Å². The normalized spacial score (nSPS) is 27.3. The van der Waals surface area contributed by atoms with Gasteiger partial charge >= 0.3 is 0 Å². The van der Waals surface area contributed by atoms with Gasteiger partial charge < -0.3 is 15.0 Å². The second kappa shape index (κ2) is 8.82. The minimum absolute atomic E-state index is 0. The van der Waals surface area contributed by atoms with Gasteiger partial charge in [-0.3, -0.25) is 0 Å². The molecule has 4 atom stereocenters. The molecule has 8 heteroatoms. The van der Waals surface area contributed by atoms with Gasteiger partial charge in [0.25, 0.3) is 0 Å². The SMILES string of the molecule is CCNC(=NCc1ccc(-n2nc(C)cc2C)nc1)N1CC2C3CCC(O3)C2C1.I. The van der Waals surface area contributed by atoms with E-state index in [9.17, 15) is 0 Å². The number of nitrogens with one attached hydrogen (secondary N) is 1. The van der Waals surface area contributed by atoms with Gasteiger partial charge in [0.15, 0.2) is 11.8 Å². The van der Waals surface area contributed by atoms with E-state index in [2.05, 4.69) is 39.4 Å². The molecule has 5 rings (SSSR count). The third-order valence-electron chi connectivity index (χ3n) is 6.53. The molecule has 0 radical (unpaired) electrons. The number of hydrogen-bond acceptors (Lipinski definition) is 4. The minimum Gasteiger partial charge on any atom is -0.374 e. The Morgan fingerprint density at radius 1 is 1.20 bits per heavy atom. The van der Waals surface area contributed by atoms with Crippen LogP contribution in [0.5, 0.6) is 0 Å². The number of ether oxygens (including phenoxy) is 1. The maximum atomic E-state index is 6.11. The summed E-state index contributed by atoms with van der Waals surface area (Å²) in [5.74, 6) is 3.22. The van der Waals surface area contributed by atoms with Gasteiger partial charge in [-0.2, -0.15) is 5.10 Å². The molecule has 162 valence electrons. The van der Waals surface area contributed by atoms with Crippen LogP contribution >= 0.6 is 24.0 Å². The predicted molar refractivity (Wildman–Crippen MR) is 128 cm³/mol. The summed E-state index contributed by atoms with van der Waals surface area (Å²) in [5, 5.41) is 7.99. The molecular formula is C22H31IN6O. The summed E-state index contributed by atoms with van der Waals surface area (Å²) in [5.41, 5.74) is 3.20. The highest BCUT2D eigenvalue weighted by molar-refractivity contribution is 14.0. The Morgan fingerprint density at radius 2 is 1.93 bits per heavy atom. The van der Waals surface area contributed by atoms with E-state index in [-0.39, 0.29) is 24.0 Å². The molecule has 0 saturated carbocycles. The molecular weight excluding hydrogens is 491 g/mol. The summed E-state index contributed by atoms with van der Waals surface area (Å²) in [6, 6.07) is 6.18. The maximum absolute atomic E-state index is 6.11. The Morgan fingerprint density at radius 3 is 2.50 bits per heavy atom. The van der Waals surface area contributed by atoms with Gasteiger partial charge in [-0.25, -0.2) is 14.7 Å². The van der Waals surface area contributed by atoms with Gasteiger partial charge in [0.2, 0.25) is 0 Å². The molecule has 5 heterocycles. The van der Waals surface area contributed by atoms with E-state index in [0.29, 0.717) is 30.6 Å². The number of aryl methyl sites for hydroxylation is 2. The first kappa shape index (κ1) is 21.5. The van der Waals surface area contributed by atoms with Gasteiger partial charge in [-0.15, -0.1) is 24.0 Å². The first-order valence-electron chi connectivity index (χ1n) is 10.8. The molecule has 4 unspecified atom stereocenters. The third-order valence-corrected chi connectivity index (χ3v) is 6.53. The molecule has 30 heavy (non-hydrogen) atoms. The molecule has 0 aliphatic carbocycles. The van der Waals surface area contributed by atoms with Crippen molar-refractivity contribution in [2.45, 2.75) is 52.4 Å². The number of aliphatic imine (C=N–C) groups is 1. The fourth-order valence-corrected chi connectivity index (χ4v) is 5.22. The largest absolute Gasteiger partial charge is 0.374 e. The van der Waals surface area contributed by atoms with Crippen molar-refractivity contribution in [2.75, 3.05) is 19.6 Å². The average molecular weight is 522 g/mol. The minimum atomic E-state index is 0. The van der Waals surface area contributed by atoms with Crippen molar-refractivity contribution in [3.8, 4) is 5.82 Å². The Labute approximate surface area is 195 Å². The van der Waals surface area contributed by atoms with Gasteiger partial charge in [0, 0.05) is 43.4 Å². The highest BCUT2D eigenvalue weighted by atomic mass is 127. The van der Waals surface area contributed by atoms with Crippen LogP contribution in [0.1, 0.15) is 36.7 Å². The number of guanidine groups is 1. The summed E-state index contributed by atoms with van der Waals surface area (Å²) in [7, 11) is 0. The molecule has 7 nitrogen and oxygen atoms in total. The van der Waals surface area contributed by atoms with Crippen molar-refractivity contribution in [1.29, 1.82) is 0 Å². The molecule has 3 aliphatic heterocycles. The number of rotatable bonds is 4. The van der Waals surface area contributed by atoms with Gasteiger partial charge in [-0.1, -0.05) is 6.07 Å². The number of fused-ring (bicyclic) bond motifs is 5. The van der Waals surface area contributed by atoms with E-state index in [1.165, 1.54) is 12.8 Å². The Balaban J connectivity index is 0.00000218. The van der Waals surface area contributed by atoms with Crippen LogP contribution in [0.3, 0.4) is 0 Å². The quantitative estimate of drug-likeness (QED) is 0.380. The van der Waals surface area contributed by atoms with Gasteiger partial charge in [0.1, 0.15) is 0 Å². The fourth-order valence-electron chi connectivity index (χ4n) is 5.22.